The van der Waals surface area contributed by atoms with Crippen LogP contribution in [-0.4, -0.2) is 9.55 Å². The molecule has 0 bridgehead atoms. The summed E-state index contributed by atoms with van der Waals surface area (Å²) in [6, 6.07) is 6.46. The van der Waals surface area contributed by atoms with Crippen molar-refractivity contribution in [1.29, 1.82) is 0 Å². The molecule has 0 fully saturated rings. The van der Waals surface area contributed by atoms with Crippen LogP contribution in [0.25, 0.3) is 22.6 Å². The summed E-state index contributed by atoms with van der Waals surface area (Å²) in [5.74, 6) is -1.89. The van der Waals surface area contributed by atoms with Crippen molar-refractivity contribution in [3.05, 3.63) is 75.3 Å². The third-order valence-corrected chi connectivity index (χ3v) is 4.49. The van der Waals surface area contributed by atoms with Crippen LogP contribution in [0.15, 0.2) is 41.2 Å². The summed E-state index contributed by atoms with van der Waals surface area (Å²) in [7, 11) is 0. The third kappa shape index (κ3) is 2.90. The number of rotatable bonds is 1. The highest BCUT2D eigenvalue weighted by atomic mass is 19.4. The topological polar surface area (TPSA) is 34.9 Å². The normalized spacial score (nSPS) is 15.5. The first kappa shape index (κ1) is 17.4. The number of alkyl halides is 3. The highest BCUT2D eigenvalue weighted by molar-refractivity contribution is 5.85. The van der Waals surface area contributed by atoms with E-state index in [-0.39, 0.29) is 28.8 Å². The molecule has 0 N–H and O–H groups in total. The van der Waals surface area contributed by atoms with E-state index in [2.05, 4.69) is 4.98 Å². The number of hydrogen-bond donors (Lipinski definition) is 0. The third-order valence-electron chi connectivity index (χ3n) is 4.49. The molecule has 3 nitrogen and oxygen atoms in total. The molecule has 0 saturated heterocycles. The summed E-state index contributed by atoms with van der Waals surface area (Å²) in [4.78, 5) is 16.8. The van der Waals surface area contributed by atoms with E-state index in [0.29, 0.717) is 12.0 Å². The first-order valence-corrected chi connectivity index (χ1v) is 8.02. The van der Waals surface area contributed by atoms with Gasteiger partial charge in [0.2, 0.25) is 0 Å². The number of fused-ring (bicyclic) bond motifs is 2. The second-order valence-electron chi connectivity index (χ2n) is 6.18. The van der Waals surface area contributed by atoms with Gasteiger partial charge in [0, 0.05) is 12.1 Å². The maximum atomic E-state index is 13.9. The summed E-state index contributed by atoms with van der Waals surface area (Å²) in [5, 5.41) is 0.0740. The summed E-state index contributed by atoms with van der Waals surface area (Å²) in [6.45, 7) is 0.265. The van der Waals surface area contributed by atoms with Crippen LogP contribution in [0.3, 0.4) is 0 Å². The van der Waals surface area contributed by atoms with Crippen molar-refractivity contribution in [1.82, 2.24) is 9.55 Å². The maximum Gasteiger partial charge on any atom is 0.416 e. The van der Waals surface area contributed by atoms with E-state index in [1.54, 1.807) is 0 Å². The number of hydrogen-bond acceptors (Lipinski definition) is 2. The Morgan fingerprint density at radius 2 is 1.89 bits per heavy atom. The molecule has 4 rings (SSSR count). The van der Waals surface area contributed by atoms with Crippen LogP contribution in [0.4, 0.5) is 22.0 Å². The van der Waals surface area contributed by atoms with Crippen molar-refractivity contribution in [2.45, 2.75) is 19.1 Å². The lowest BCUT2D eigenvalue weighted by Crippen LogP contribution is -2.21. The van der Waals surface area contributed by atoms with Crippen LogP contribution in [0.5, 0.6) is 0 Å². The van der Waals surface area contributed by atoms with Crippen molar-refractivity contribution in [2.75, 3.05) is 0 Å². The molecule has 1 aliphatic rings. The Hall–Kier alpha value is -3.03. The molecule has 0 amide bonds. The summed E-state index contributed by atoms with van der Waals surface area (Å²) in [5.41, 5.74) is -1.03. The van der Waals surface area contributed by atoms with Crippen LogP contribution < -0.4 is 5.56 Å². The quantitative estimate of drug-likeness (QED) is 0.579. The number of halogens is 5. The molecule has 2 heterocycles. The Morgan fingerprint density at radius 3 is 2.63 bits per heavy atom. The van der Waals surface area contributed by atoms with Crippen LogP contribution in [0, 0.1) is 11.6 Å². The molecule has 138 valence electrons. The van der Waals surface area contributed by atoms with E-state index < -0.39 is 28.9 Å². The van der Waals surface area contributed by atoms with E-state index >= 15 is 0 Å². The van der Waals surface area contributed by atoms with Gasteiger partial charge in [-0.05, 0) is 42.3 Å². The van der Waals surface area contributed by atoms with Gasteiger partial charge in [0.1, 0.15) is 5.82 Å². The molecule has 0 atom stereocenters. The number of nitrogens with zero attached hydrogens (tertiary/aromatic N) is 2. The molecule has 0 unspecified atom stereocenters. The zero-order valence-corrected chi connectivity index (χ0v) is 13.6. The molecule has 2 aromatic carbocycles. The van der Waals surface area contributed by atoms with Gasteiger partial charge in [-0.2, -0.15) is 13.2 Å². The predicted octanol–water partition coefficient (Wildman–Crippen LogP) is 4.64. The van der Waals surface area contributed by atoms with Crippen molar-refractivity contribution >= 4 is 22.6 Å². The smallest absolute Gasteiger partial charge is 0.292 e. The molecular formula is C19H11F5N2O. The fourth-order valence-corrected chi connectivity index (χ4v) is 3.15. The average molecular weight is 378 g/mol. The molecule has 0 radical (unpaired) electrons. The predicted molar refractivity (Wildman–Crippen MR) is 89.9 cm³/mol. The Morgan fingerprint density at radius 1 is 1.11 bits per heavy atom. The van der Waals surface area contributed by atoms with E-state index in [1.807, 2.05) is 0 Å². The minimum Gasteiger partial charge on any atom is -0.292 e. The Kier molecular flexibility index (Phi) is 3.87. The minimum absolute atomic E-state index is 0.0168. The number of aromatic nitrogens is 2. The van der Waals surface area contributed by atoms with Crippen LogP contribution in [0.2, 0.25) is 0 Å². The molecule has 3 aromatic rings. The van der Waals surface area contributed by atoms with Crippen molar-refractivity contribution in [3.8, 4) is 0 Å². The Bertz CT molecular complexity index is 1160. The molecular weight excluding hydrogens is 367 g/mol. The first-order chi connectivity index (χ1) is 12.8. The molecule has 27 heavy (non-hydrogen) atoms. The van der Waals surface area contributed by atoms with Gasteiger partial charge in [-0.25, -0.2) is 13.8 Å². The number of benzene rings is 2. The Labute approximate surface area is 149 Å². The van der Waals surface area contributed by atoms with Gasteiger partial charge in [0.05, 0.1) is 16.5 Å². The maximum absolute atomic E-state index is 13.9. The molecule has 0 spiro atoms. The van der Waals surface area contributed by atoms with Gasteiger partial charge in [0.25, 0.3) is 5.56 Å². The molecule has 0 aliphatic carbocycles. The first-order valence-electron chi connectivity index (χ1n) is 8.02. The summed E-state index contributed by atoms with van der Waals surface area (Å²) in [6.07, 6.45) is -2.86. The lowest BCUT2D eigenvalue weighted by Gasteiger charge is -2.09. The van der Waals surface area contributed by atoms with E-state index in [0.717, 1.165) is 24.3 Å². The van der Waals surface area contributed by atoms with Gasteiger partial charge in [-0.1, -0.05) is 12.1 Å². The van der Waals surface area contributed by atoms with Crippen LogP contribution >= 0.6 is 0 Å². The number of allylic oxidation sites excluding steroid dienone is 1. The standard InChI is InChI=1S/C19H11F5N2O/c20-14-3-1-2-10(16(14)21)8-11-6-7-26-17(11)25-15-9-12(19(22,23)24)4-5-13(15)18(26)27/h1-5,8-9H,6-7H2. The SMILES string of the molecule is O=c1c2ccc(C(F)(F)F)cc2nc2n1CCC2=Cc1cccc(F)c1F. The van der Waals surface area contributed by atoms with Gasteiger partial charge >= 0.3 is 6.18 Å². The second kappa shape index (κ2) is 6.00. The fraction of sp³-hybridized carbons (Fsp3) is 0.158. The minimum atomic E-state index is -4.56. The van der Waals surface area contributed by atoms with Crippen LogP contribution in [0.1, 0.15) is 23.4 Å². The lowest BCUT2D eigenvalue weighted by molar-refractivity contribution is -0.137. The van der Waals surface area contributed by atoms with Gasteiger partial charge in [0.15, 0.2) is 11.6 Å². The van der Waals surface area contributed by atoms with Crippen LogP contribution in [-0.2, 0) is 12.7 Å². The second-order valence-corrected chi connectivity index (χ2v) is 6.18. The summed E-state index contributed by atoms with van der Waals surface area (Å²) >= 11 is 0. The molecule has 1 aliphatic heterocycles. The highest BCUT2D eigenvalue weighted by Gasteiger charge is 2.31. The summed E-state index contributed by atoms with van der Waals surface area (Å²) < 4.78 is 67.5. The van der Waals surface area contributed by atoms with E-state index in [4.69, 9.17) is 0 Å². The molecule has 1 aromatic heterocycles. The molecule has 0 saturated carbocycles. The fourth-order valence-electron chi connectivity index (χ4n) is 3.15. The average Bonchev–Trinajstić information content (AvgIpc) is 3.01. The van der Waals surface area contributed by atoms with Crippen molar-refractivity contribution < 1.29 is 22.0 Å². The zero-order valence-electron chi connectivity index (χ0n) is 13.6. The highest BCUT2D eigenvalue weighted by Crippen LogP contribution is 2.32. The van der Waals surface area contributed by atoms with Gasteiger partial charge in [-0.3, -0.25) is 9.36 Å². The zero-order chi connectivity index (χ0) is 19.3. The Balaban J connectivity index is 1.91. The lowest BCUT2D eigenvalue weighted by atomic mass is 10.1. The monoisotopic (exact) mass is 378 g/mol. The van der Waals surface area contributed by atoms with Crippen molar-refractivity contribution in [3.63, 3.8) is 0 Å². The largest absolute Gasteiger partial charge is 0.416 e. The van der Waals surface area contributed by atoms with E-state index in [1.165, 1.54) is 22.8 Å². The van der Waals surface area contributed by atoms with Crippen molar-refractivity contribution in [2.24, 2.45) is 0 Å². The van der Waals surface area contributed by atoms with Gasteiger partial charge < -0.3 is 0 Å². The van der Waals surface area contributed by atoms with Gasteiger partial charge in [-0.15, -0.1) is 0 Å². The van der Waals surface area contributed by atoms with E-state index in [9.17, 15) is 26.7 Å². The molecule has 8 heteroatoms.